The van der Waals surface area contributed by atoms with E-state index in [9.17, 15) is 13.2 Å². The van der Waals surface area contributed by atoms with Gasteiger partial charge in [-0.2, -0.15) is 0 Å². The molecule has 0 saturated heterocycles. The van der Waals surface area contributed by atoms with Gasteiger partial charge in [0.05, 0.1) is 5.75 Å². The number of ether oxygens (including phenoxy) is 1. The second-order valence-electron chi connectivity index (χ2n) is 6.61. The zero-order valence-corrected chi connectivity index (χ0v) is 16.1. The molecule has 0 aliphatic carbocycles. The third kappa shape index (κ3) is 5.59. The zero-order chi connectivity index (χ0) is 19.2. The van der Waals surface area contributed by atoms with E-state index in [4.69, 9.17) is 4.74 Å². The quantitative estimate of drug-likeness (QED) is 0.766. The molecule has 2 aromatic carbocycles. The first-order valence-electron chi connectivity index (χ1n) is 8.59. The molecule has 0 aliphatic rings. The van der Waals surface area contributed by atoms with Gasteiger partial charge in [0.2, 0.25) is 5.91 Å². The van der Waals surface area contributed by atoms with Crippen LogP contribution in [0.1, 0.15) is 26.3 Å². The number of hydrogen-bond donors (Lipinski definition) is 1. The Balaban J connectivity index is 2.15. The first kappa shape index (κ1) is 20.0. The molecule has 0 aromatic heterocycles. The fourth-order valence-electron chi connectivity index (χ4n) is 2.29. The predicted molar refractivity (Wildman–Crippen MR) is 103 cm³/mol. The summed E-state index contributed by atoms with van der Waals surface area (Å²) < 4.78 is 31.2. The summed E-state index contributed by atoms with van der Waals surface area (Å²) in [5.41, 5.74) is 0.528. The molecule has 0 radical (unpaired) electrons. The van der Waals surface area contributed by atoms with Crippen molar-refractivity contribution in [1.29, 1.82) is 0 Å². The zero-order valence-electron chi connectivity index (χ0n) is 15.3. The number of sulfone groups is 1. The molecule has 5 nitrogen and oxygen atoms in total. The van der Waals surface area contributed by atoms with Crippen LogP contribution in [0.15, 0.2) is 54.6 Å². The number of carbonyl (C=O) groups excluding carboxylic acids is 1. The molecule has 0 heterocycles. The highest BCUT2D eigenvalue weighted by atomic mass is 32.2. The minimum atomic E-state index is -3.67. The molecule has 0 aliphatic heterocycles. The molecule has 6 heteroatoms. The molecule has 0 bridgehead atoms. The molecule has 1 amide bonds. The van der Waals surface area contributed by atoms with Gasteiger partial charge in [0, 0.05) is 12.1 Å². The van der Waals surface area contributed by atoms with Crippen LogP contribution in [-0.4, -0.2) is 26.1 Å². The highest BCUT2D eigenvalue weighted by Crippen LogP contribution is 2.27. The maximum absolute atomic E-state index is 12.7. The number of nitrogens with one attached hydrogen (secondary N) is 1. The van der Waals surface area contributed by atoms with E-state index in [2.05, 4.69) is 5.32 Å². The predicted octanol–water partition coefficient (Wildman–Crippen LogP) is 3.55. The Labute approximate surface area is 155 Å². The molecular formula is C20H25NO4S. The summed E-state index contributed by atoms with van der Waals surface area (Å²) in [5, 5.41) is 1.56. The smallest absolute Gasteiger partial charge is 0.238 e. The van der Waals surface area contributed by atoms with Crippen LogP contribution >= 0.6 is 0 Å². The molecule has 1 atom stereocenters. The second-order valence-corrected chi connectivity index (χ2v) is 8.93. The third-order valence-electron chi connectivity index (χ3n) is 3.89. The molecule has 140 valence electrons. The molecule has 2 aromatic rings. The van der Waals surface area contributed by atoms with Crippen LogP contribution in [-0.2, 0) is 20.4 Å². The standard InChI is InChI=1S/C20H25NO4S/c1-15(2)13-21-20(22)16(3)26(23,24)14-17-9-7-8-12-19(17)25-18-10-5-4-6-11-18/h4-12,15-16H,13-14H2,1-3H3,(H,21,22)/t16-/m1/s1. The van der Waals surface area contributed by atoms with Crippen LogP contribution in [0.2, 0.25) is 0 Å². The third-order valence-corrected chi connectivity index (χ3v) is 5.90. The van der Waals surface area contributed by atoms with E-state index in [1.54, 1.807) is 36.4 Å². The first-order chi connectivity index (χ1) is 12.3. The number of hydrogen-bond acceptors (Lipinski definition) is 4. The monoisotopic (exact) mass is 375 g/mol. The highest BCUT2D eigenvalue weighted by molar-refractivity contribution is 7.92. The van der Waals surface area contributed by atoms with E-state index < -0.39 is 21.0 Å². The molecule has 1 N–H and O–H groups in total. The van der Waals surface area contributed by atoms with E-state index in [-0.39, 0.29) is 11.7 Å². The van der Waals surface area contributed by atoms with Gasteiger partial charge >= 0.3 is 0 Å². The van der Waals surface area contributed by atoms with Crippen molar-refractivity contribution in [1.82, 2.24) is 5.32 Å². The summed E-state index contributed by atoms with van der Waals surface area (Å²) in [4.78, 5) is 12.1. The van der Waals surface area contributed by atoms with Gasteiger partial charge in [-0.15, -0.1) is 0 Å². The van der Waals surface area contributed by atoms with Crippen molar-refractivity contribution in [2.45, 2.75) is 31.8 Å². The van der Waals surface area contributed by atoms with E-state index >= 15 is 0 Å². The van der Waals surface area contributed by atoms with Crippen molar-refractivity contribution in [2.24, 2.45) is 5.92 Å². The lowest BCUT2D eigenvalue weighted by Gasteiger charge is -2.16. The van der Waals surface area contributed by atoms with E-state index in [1.807, 2.05) is 32.0 Å². The second kappa shape index (κ2) is 8.85. The van der Waals surface area contributed by atoms with Gasteiger partial charge in [0.15, 0.2) is 9.84 Å². The van der Waals surface area contributed by atoms with Crippen LogP contribution in [0, 0.1) is 5.92 Å². The van der Waals surface area contributed by atoms with Crippen molar-refractivity contribution in [3.63, 3.8) is 0 Å². The van der Waals surface area contributed by atoms with Gasteiger partial charge in [-0.3, -0.25) is 4.79 Å². The largest absolute Gasteiger partial charge is 0.457 e. The Morgan fingerprint density at radius 2 is 1.62 bits per heavy atom. The van der Waals surface area contributed by atoms with Crippen molar-refractivity contribution in [3.8, 4) is 11.5 Å². The SMILES string of the molecule is CC(C)CNC(=O)[C@@H](C)S(=O)(=O)Cc1ccccc1Oc1ccccc1. The molecule has 0 unspecified atom stereocenters. The van der Waals surface area contributed by atoms with Crippen LogP contribution in [0.3, 0.4) is 0 Å². The van der Waals surface area contributed by atoms with Crippen molar-refractivity contribution in [3.05, 3.63) is 60.2 Å². The fraction of sp³-hybridized carbons (Fsp3) is 0.350. The highest BCUT2D eigenvalue weighted by Gasteiger charge is 2.29. The van der Waals surface area contributed by atoms with Crippen LogP contribution < -0.4 is 10.1 Å². The molecular weight excluding hydrogens is 350 g/mol. The Hall–Kier alpha value is -2.34. The summed E-state index contributed by atoms with van der Waals surface area (Å²) >= 11 is 0. The maximum atomic E-state index is 12.7. The summed E-state index contributed by atoms with van der Waals surface area (Å²) in [7, 11) is -3.67. The number of benzene rings is 2. The maximum Gasteiger partial charge on any atom is 0.238 e. The van der Waals surface area contributed by atoms with Crippen molar-refractivity contribution < 1.29 is 17.9 Å². The normalized spacial score (nSPS) is 12.6. The summed E-state index contributed by atoms with van der Waals surface area (Å²) in [6.07, 6.45) is 0. The molecule has 0 fully saturated rings. The van der Waals surface area contributed by atoms with Crippen LogP contribution in [0.4, 0.5) is 0 Å². The number of amides is 1. The van der Waals surface area contributed by atoms with Gasteiger partial charge in [0.25, 0.3) is 0 Å². The number of para-hydroxylation sites is 2. The van der Waals surface area contributed by atoms with Gasteiger partial charge in [-0.05, 0) is 31.0 Å². The van der Waals surface area contributed by atoms with Crippen LogP contribution in [0.5, 0.6) is 11.5 Å². The molecule has 2 rings (SSSR count). The fourth-order valence-corrected chi connectivity index (χ4v) is 3.62. The summed E-state index contributed by atoms with van der Waals surface area (Å²) in [6.45, 7) is 5.78. The van der Waals surface area contributed by atoms with E-state index in [0.29, 0.717) is 23.6 Å². The Bertz CT molecular complexity index is 832. The minimum absolute atomic E-state index is 0.258. The first-order valence-corrected chi connectivity index (χ1v) is 10.3. The number of carbonyl (C=O) groups is 1. The van der Waals surface area contributed by atoms with E-state index in [1.165, 1.54) is 6.92 Å². The lowest BCUT2D eigenvalue weighted by molar-refractivity contribution is -0.120. The molecule has 26 heavy (non-hydrogen) atoms. The van der Waals surface area contributed by atoms with Gasteiger partial charge in [-0.1, -0.05) is 50.2 Å². The topological polar surface area (TPSA) is 72.5 Å². The molecule has 0 spiro atoms. The van der Waals surface area contributed by atoms with E-state index in [0.717, 1.165) is 0 Å². The van der Waals surface area contributed by atoms with Gasteiger partial charge in [0.1, 0.15) is 16.7 Å². The lowest BCUT2D eigenvalue weighted by atomic mass is 10.2. The summed E-state index contributed by atoms with van der Waals surface area (Å²) in [6, 6.07) is 16.1. The Kier molecular flexibility index (Phi) is 6.80. The van der Waals surface area contributed by atoms with Crippen LogP contribution in [0.25, 0.3) is 0 Å². The number of rotatable bonds is 8. The van der Waals surface area contributed by atoms with Gasteiger partial charge < -0.3 is 10.1 Å². The average Bonchev–Trinajstić information content (AvgIpc) is 2.61. The summed E-state index contributed by atoms with van der Waals surface area (Å²) in [5.74, 6) is 0.623. The Morgan fingerprint density at radius 3 is 2.27 bits per heavy atom. The lowest BCUT2D eigenvalue weighted by Crippen LogP contribution is -2.39. The average molecular weight is 375 g/mol. The van der Waals surface area contributed by atoms with Crippen molar-refractivity contribution in [2.75, 3.05) is 6.54 Å². The minimum Gasteiger partial charge on any atom is -0.457 e. The van der Waals surface area contributed by atoms with Gasteiger partial charge in [-0.25, -0.2) is 8.42 Å². The molecule has 0 saturated carbocycles. The van der Waals surface area contributed by atoms with Crippen molar-refractivity contribution >= 4 is 15.7 Å². The Morgan fingerprint density at radius 1 is 1.00 bits per heavy atom.